The average Bonchev–Trinajstić information content (AvgIpc) is 2.54. The first kappa shape index (κ1) is 17.3. The number of sulfonamides is 1. The van der Waals surface area contributed by atoms with E-state index in [1.54, 1.807) is 31.4 Å². The summed E-state index contributed by atoms with van der Waals surface area (Å²) < 4.78 is 31.9. The summed E-state index contributed by atoms with van der Waals surface area (Å²) >= 11 is 0. The van der Waals surface area contributed by atoms with Crippen LogP contribution in [0.25, 0.3) is 0 Å². The third kappa shape index (κ3) is 5.92. The second-order valence-electron chi connectivity index (χ2n) is 5.40. The number of aryl methyl sites for hydroxylation is 1. The highest BCUT2D eigenvalue weighted by Gasteiger charge is 2.16. The molecule has 0 saturated heterocycles. The van der Waals surface area contributed by atoms with Crippen molar-refractivity contribution in [1.82, 2.24) is 0 Å². The van der Waals surface area contributed by atoms with Crippen LogP contribution >= 0.6 is 0 Å². The molecular weight excluding hydrogens is 312 g/mol. The van der Waals surface area contributed by atoms with Gasteiger partial charge in [-0.1, -0.05) is 30.3 Å². The monoisotopic (exact) mass is 334 g/mol. The van der Waals surface area contributed by atoms with Crippen LogP contribution in [0, 0.1) is 0 Å². The molecule has 2 aromatic rings. The Balaban J connectivity index is 1.86. The van der Waals surface area contributed by atoms with Gasteiger partial charge in [-0.05, 0) is 42.7 Å². The van der Waals surface area contributed by atoms with Gasteiger partial charge in [0.05, 0.1) is 12.9 Å². The number of hydrogen-bond acceptors (Lipinski definition) is 4. The molecule has 3 N–H and O–H groups in total. The summed E-state index contributed by atoms with van der Waals surface area (Å²) in [5, 5.41) is 0. The maximum absolute atomic E-state index is 12.2. The Morgan fingerprint density at radius 1 is 1.09 bits per heavy atom. The van der Waals surface area contributed by atoms with Crippen molar-refractivity contribution in [3.8, 4) is 5.75 Å². The molecule has 23 heavy (non-hydrogen) atoms. The molecule has 0 heterocycles. The molecule has 6 heteroatoms. The van der Waals surface area contributed by atoms with Gasteiger partial charge in [-0.2, -0.15) is 0 Å². The van der Waals surface area contributed by atoms with Crippen molar-refractivity contribution in [2.24, 2.45) is 5.73 Å². The molecule has 0 aliphatic carbocycles. The highest BCUT2D eigenvalue weighted by molar-refractivity contribution is 7.92. The van der Waals surface area contributed by atoms with Crippen LogP contribution in [-0.2, 0) is 16.4 Å². The molecule has 0 aromatic heterocycles. The summed E-state index contributed by atoms with van der Waals surface area (Å²) in [6.07, 6.45) is 1.38. The third-order valence-corrected chi connectivity index (χ3v) is 4.86. The van der Waals surface area contributed by atoms with Crippen LogP contribution in [0.5, 0.6) is 5.75 Å². The van der Waals surface area contributed by atoms with Crippen LogP contribution < -0.4 is 15.2 Å². The van der Waals surface area contributed by atoms with E-state index in [2.05, 4.69) is 4.72 Å². The third-order valence-electron chi connectivity index (χ3n) is 3.44. The van der Waals surface area contributed by atoms with Crippen molar-refractivity contribution >= 4 is 15.7 Å². The molecule has 5 nitrogen and oxygen atoms in total. The standard InChI is InChI=1S/C17H22N2O3S/c1-22-17-11-9-16(10-12-17)19-23(20,21)13-15(18)8-7-14-5-3-2-4-6-14/h2-6,9-12,15,19H,7-8,13,18H2,1H3/t15-/m0/s1. The van der Waals surface area contributed by atoms with Gasteiger partial charge in [0.2, 0.25) is 10.0 Å². The van der Waals surface area contributed by atoms with Crippen LogP contribution in [-0.4, -0.2) is 27.3 Å². The molecule has 0 saturated carbocycles. The summed E-state index contributed by atoms with van der Waals surface area (Å²) in [6, 6.07) is 16.2. The molecule has 0 radical (unpaired) electrons. The Kier molecular flexibility index (Phi) is 6.01. The minimum Gasteiger partial charge on any atom is -0.497 e. The Morgan fingerprint density at radius 2 is 1.74 bits per heavy atom. The minimum atomic E-state index is -3.47. The second kappa shape index (κ2) is 7.99. The van der Waals surface area contributed by atoms with Crippen molar-refractivity contribution in [1.29, 1.82) is 0 Å². The van der Waals surface area contributed by atoms with Gasteiger partial charge in [0.1, 0.15) is 5.75 Å². The summed E-state index contributed by atoms with van der Waals surface area (Å²) in [5.74, 6) is 0.568. The zero-order chi connectivity index (χ0) is 16.7. The molecule has 2 rings (SSSR count). The fourth-order valence-corrected chi connectivity index (χ4v) is 3.55. The maximum Gasteiger partial charge on any atom is 0.234 e. The smallest absolute Gasteiger partial charge is 0.234 e. The van der Waals surface area contributed by atoms with Crippen molar-refractivity contribution in [3.05, 3.63) is 60.2 Å². The Hall–Kier alpha value is -2.05. The summed E-state index contributed by atoms with van der Waals surface area (Å²) in [6.45, 7) is 0. The molecule has 0 bridgehead atoms. The quantitative estimate of drug-likeness (QED) is 0.777. The maximum atomic E-state index is 12.2. The highest BCUT2D eigenvalue weighted by Crippen LogP contribution is 2.16. The second-order valence-corrected chi connectivity index (χ2v) is 7.16. The van der Waals surface area contributed by atoms with Crippen molar-refractivity contribution in [3.63, 3.8) is 0 Å². The van der Waals surface area contributed by atoms with E-state index in [4.69, 9.17) is 10.5 Å². The van der Waals surface area contributed by atoms with E-state index >= 15 is 0 Å². The summed E-state index contributed by atoms with van der Waals surface area (Å²) in [4.78, 5) is 0. The first-order valence-corrected chi connectivity index (χ1v) is 9.08. The lowest BCUT2D eigenvalue weighted by Crippen LogP contribution is -2.33. The van der Waals surface area contributed by atoms with Gasteiger partial charge < -0.3 is 10.5 Å². The largest absolute Gasteiger partial charge is 0.497 e. The lowest BCUT2D eigenvalue weighted by Gasteiger charge is -2.14. The van der Waals surface area contributed by atoms with Crippen LogP contribution in [0.2, 0.25) is 0 Å². The Morgan fingerprint density at radius 3 is 2.35 bits per heavy atom. The Labute approximate surface area is 137 Å². The average molecular weight is 334 g/mol. The van der Waals surface area contributed by atoms with Crippen molar-refractivity contribution < 1.29 is 13.2 Å². The van der Waals surface area contributed by atoms with Crippen molar-refractivity contribution in [2.75, 3.05) is 17.6 Å². The number of hydrogen-bond donors (Lipinski definition) is 2. The van der Waals surface area contributed by atoms with Crippen LogP contribution in [0.15, 0.2) is 54.6 Å². The topological polar surface area (TPSA) is 81.4 Å². The SMILES string of the molecule is COc1ccc(NS(=O)(=O)C[C@@H](N)CCc2ccccc2)cc1. The zero-order valence-electron chi connectivity index (χ0n) is 13.1. The zero-order valence-corrected chi connectivity index (χ0v) is 13.9. The number of rotatable bonds is 8. The molecule has 1 atom stereocenters. The number of methoxy groups -OCH3 is 1. The molecule has 0 unspecified atom stereocenters. The molecule has 0 aliphatic rings. The number of nitrogens with two attached hydrogens (primary N) is 1. The van der Waals surface area contributed by atoms with Crippen LogP contribution in [0.3, 0.4) is 0 Å². The molecule has 0 aliphatic heterocycles. The molecule has 0 spiro atoms. The molecule has 2 aromatic carbocycles. The number of anilines is 1. The van der Waals surface area contributed by atoms with E-state index in [-0.39, 0.29) is 5.75 Å². The van der Waals surface area contributed by atoms with Gasteiger partial charge in [-0.15, -0.1) is 0 Å². The molecular formula is C17H22N2O3S. The van der Waals surface area contributed by atoms with E-state index in [0.29, 0.717) is 17.9 Å². The molecule has 124 valence electrons. The molecule has 0 fully saturated rings. The number of ether oxygens (including phenoxy) is 1. The normalized spacial score (nSPS) is 12.6. The van der Waals surface area contributed by atoms with Gasteiger partial charge in [0.25, 0.3) is 0 Å². The summed E-state index contributed by atoms with van der Waals surface area (Å²) in [7, 11) is -1.91. The van der Waals surface area contributed by atoms with E-state index in [1.807, 2.05) is 30.3 Å². The van der Waals surface area contributed by atoms with Crippen molar-refractivity contribution in [2.45, 2.75) is 18.9 Å². The van der Waals surface area contributed by atoms with Gasteiger partial charge in [-0.3, -0.25) is 4.72 Å². The summed E-state index contributed by atoms with van der Waals surface area (Å²) in [5.41, 5.74) is 7.62. The van der Waals surface area contributed by atoms with Gasteiger partial charge in [-0.25, -0.2) is 8.42 Å². The van der Waals surface area contributed by atoms with Crippen LogP contribution in [0.1, 0.15) is 12.0 Å². The molecule has 0 amide bonds. The number of nitrogens with one attached hydrogen (secondary N) is 1. The first-order chi connectivity index (χ1) is 11.0. The predicted octanol–water partition coefficient (Wildman–Crippen LogP) is 2.40. The van der Waals surface area contributed by atoms with E-state index < -0.39 is 16.1 Å². The van der Waals surface area contributed by atoms with E-state index in [0.717, 1.165) is 12.0 Å². The van der Waals surface area contributed by atoms with E-state index in [9.17, 15) is 8.42 Å². The lowest BCUT2D eigenvalue weighted by atomic mass is 10.1. The Bertz CT molecular complexity index is 700. The van der Waals surface area contributed by atoms with Crippen LogP contribution in [0.4, 0.5) is 5.69 Å². The highest BCUT2D eigenvalue weighted by atomic mass is 32.2. The first-order valence-electron chi connectivity index (χ1n) is 7.42. The van der Waals surface area contributed by atoms with E-state index in [1.165, 1.54) is 0 Å². The van der Waals surface area contributed by atoms with Gasteiger partial charge in [0, 0.05) is 11.7 Å². The minimum absolute atomic E-state index is 0.105. The number of benzene rings is 2. The van der Waals surface area contributed by atoms with Gasteiger partial charge >= 0.3 is 0 Å². The fraction of sp³-hybridized carbons (Fsp3) is 0.294. The van der Waals surface area contributed by atoms with Gasteiger partial charge in [0.15, 0.2) is 0 Å². The fourth-order valence-electron chi connectivity index (χ4n) is 2.24. The predicted molar refractivity (Wildman–Crippen MR) is 93.1 cm³/mol. The lowest BCUT2D eigenvalue weighted by molar-refractivity contribution is 0.415.